The molecule has 1 N–H and O–H groups in total. The summed E-state index contributed by atoms with van der Waals surface area (Å²) in [7, 11) is 1.60. The molecule has 0 atom stereocenters. The van der Waals surface area contributed by atoms with Crippen molar-refractivity contribution in [2.75, 3.05) is 12.4 Å². The molecule has 0 unspecified atom stereocenters. The molecular formula is C18H16FN3O2S. The van der Waals surface area contributed by atoms with Crippen LogP contribution in [0.3, 0.4) is 0 Å². The van der Waals surface area contributed by atoms with Gasteiger partial charge in [-0.3, -0.25) is 4.79 Å². The Kier molecular flexibility index (Phi) is 4.09. The molecule has 1 fully saturated rings. The number of benzene rings is 1. The van der Waals surface area contributed by atoms with Crippen LogP contribution >= 0.6 is 12.3 Å². The van der Waals surface area contributed by atoms with Gasteiger partial charge in [0, 0.05) is 28.6 Å². The van der Waals surface area contributed by atoms with E-state index in [9.17, 15) is 8.68 Å². The number of para-hydroxylation sites is 1. The molecule has 0 saturated heterocycles. The van der Waals surface area contributed by atoms with Gasteiger partial charge in [-0.2, -0.15) is 0 Å². The summed E-state index contributed by atoms with van der Waals surface area (Å²) in [5.41, 5.74) is 2.14. The van der Waals surface area contributed by atoms with Crippen LogP contribution in [0.15, 0.2) is 42.6 Å². The summed E-state index contributed by atoms with van der Waals surface area (Å²) >= 11 is 0.0741. The highest BCUT2D eigenvalue weighted by Crippen LogP contribution is 2.38. The molecule has 3 aromatic rings. The second kappa shape index (κ2) is 6.40. The van der Waals surface area contributed by atoms with Crippen molar-refractivity contribution < 1.29 is 13.4 Å². The number of carbonyl (C=O) groups is 1. The van der Waals surface area contributed by atoms with Crippen LogP contribution in [0.4, 0.5) is 9.70 Å². The minimum Gasteiger partial charge on any atom is -0.496 e. The molecule has 0 spiro atoms. The van der Waals surface area contributed by atoms with Gasteiger partial charge in [0.25, 0.3) is 0 Å². The fraction of sp³-hybridized carbons (Fsp3) is 0.222. The Labute approximate surface area is 148 Å². The molecule has 5 nitrogen and oxygen atoms in total. The third kappa shape index (κ3) is 2.95. The Hall–Kier alpha value is -2.54. The van der Waals surface area contributed by atoms with Crippen LogP contribution in [0.5, 0.6) is 5.75 Å². The first-order valence-electron chi connectivity index (χ1n) is 7.96. The van der Waals surface area contributed by atoms with Crippen molar-refractivity contribution in [3.8, 4) is 16.9 Å². The lowest BCUT2D eigenvalue weighted by atomic mass is 10.0. The third-order valence-electron chi connectivity index (χ3n) is 4.29. The van der Waals surface area contributed by atoms with Crippen LogP contribution < -0.4 is 10.1 Å². The number of amides is 1. The summed E-state index contributed by atoms with van der Waals surface area (Å²) in [6, 6.07) is 11.2. The van der Waals surface area contributed by atoms with E-state index in [0.717, 1.165) is 29.4 Å². The van der Waals surface area contributed by atoms with Crippen LogP contribution in [-0.4, -0.2) is 22.0 Å². The Morgan fingerprint density at radius 2 is 2.08 bits per heavy atom. The third-order valence-corrected chi connectivity index (χ3v) is 4.72. The summed E-state index contributed by atoms with van der Waals surface area (Å²) in [6.45, 7) is 0. The average Bonchev–Trinajstić information content (AvgIpc) is 3.43. The van der Waals surface area contributed by atoms with Gasteiger partial charge in [-0.15, -0.1) is 3.89 Å². The SMILES string of the molecule is COc1ccccc1-c1cn(SF)c2nc(NC(=O)C3CC3)ccc12. The molecule has 2 heterocycles. The van der Waals surface area contributed by atoms with E-state index in [1.54, 1.807) is 19.4 Å². The van der Waals surface area contributed by atoms with Gasteiger partial charge in [0.2, 0.25) is 5.91 Å². The Balaban J connectivity index is 1.80. The van der Waals surface area contributed by atoms with Gasteiger partial charge in [0.1, 0.15) is 11.6 Å². The van der Waals surface area contributed by atoms with E-state index in [0.29, 0.717) is 17.2 Å². The number of nitrogens with one attached hydrogen (secondary N) is 1. The van der Waals surface area contributed by atoms with E-state index >= 15 is 0 Å². The van der Waals surface area contributed by atoms with Crippen LogP contribution in [0.1, 0.15) is 12.8 Å². The Morgan fingerprint density at radius 3 is 2.80 bits per heavy atom. The minimum absolute atomic E-state index is 0.0252. The van der Waals surface area contributed by atoms with Crippen LogP contribution in [0, 0.1) is 5.92 Å². The maximum atomic E-state index is 13.4. The normalized spacial score (nSPS) is 13.8. The summed E-state index contributed by atoms with van der Waals surface area (Å²) in [5, 5.41) is 3.59. The van der Waals surface area contributed by atoms with Gasteiger partial charge in [0.15, 0.2) is 18.0 Å². The molecule has 1 amide bonds. The summed E-state index contributed by atoms with van der Waals surface area (Å²) in [6.07, 6.45) is 3.53. The first-order valence-corrected chi connectivity index (χ1v) is 8.64. The highest BCUT2D eigenvalue weighted by molar-refractivity contribution is 7.92. The molecule has 4 rings (SSSR count). The highest BCUT2D eigenvalue weighted by atomic mass is 32.2. The number of aromatic nitrogens is 2. The molecule has 1 aromatic carbocycles. The van der Waals surface area contributed by atoms with E-state index in [1.807, 2.05) is 30.3 Å². The van der Waals surface area contributed by atoms with Crippen molar-refractivity contribution in [1.82, 2.24) is 8.96 Å². The molecule has 128 valence electrons. The number of hydrogen-bond donors (Lipinski definition) is 1. The smallest absolute Gasteiger partial charge is 0.228 e. The zero-order chi connectivity index (χ0) is 17.4. The van der Waals surface area contributed by atoms with Gasteiger partial charge < -0.3 is 10.1 Å². The lowest BCUT2D eigenvalue weighted by Gasteiger charge is -2.07. The van der Waals surface area contributed by atoms with Crippen molar-refractivity contribution in [2.24, 2.45) is 5.92 Å². The lowest BCUT2D eigenvalue weighted by Crippen LogP contribution is -2.14. The Morgan fingerprint density at radius 1 is 1.28 bits per heavy atom. The quantitative estimate of drug-likeness (QED) is 0.733. The van der Waals surface area contributed by atoms with E-state index in [1.165, 1.54) is 3.97 Å². The highest BCUT2D eigenvalue weighted by Gasteiger charge is 2.30. The number of fused-ring (bicyclic) bond motifs is 1. The maximum Gasteiger partial charge on any atom is 0.228 e. The summed E-state index contributed by atoms with van der Waals surface area (Å²) in [4.78, 5) is 16.3. The lowest BCUT2D eigenvalue weighted by molar-refractivity contribution is -0.117. The molecule has 1 aliphatic carbocycles. The number of ether oxygens (including phenoxy) is 1. The number of carbonyl (C=O) groups excluding carboxylic acids is 1. The predicted octanol–water partition coefficient (Wildman–Crippen LogP) is 4.44. The number of halogens is 1. The predicted molar refractivity (Wildman–Crippen MR) is 97.2 cm³/mol. The van der Waals surface area contributed by atoms with Crippen LogP contribution in [-0.2, 0) is 4.79 Å². The average molecular weight is 357 g/mol. The first-order chi connectivity index (χ1) is 12.2. The van der Waals surface area contributed by atoms with Gasteiger partial charge in [0.05, 0.1) is 7.11 Å². The first kappa shape index (κ1) is 16.0. The maximum absolute atomic E-state index is 13.4. The van der Waals surface area contributed by atoms with Crippen molar-refractivity contribution in [1.29, 1.82) is 0 Å². The molecule has 25 heavy (non-hydrogen) atoms. The molecule has 1 aliphatic rings. The molecule has 0 aliphatic heterocycles. The fourth-order valence-electron chi connectivity index (χ4n) is 2.85. The minimum atomic E-state index is -0.0252. The molecular weight excluding hydrogens is 341 g/mol. The van der Waals surface area contributed by atoms with Crippen molar-refractivity contribution in [3.05, 3.63) is 42.6 Å². The van der Waals surface area contributed by atoms with E-state index < -0.39 is 0 Å². The van der Waals surface area contributed by atoms with Crippen LogP contribution in [0.25, 0.3) is 22.2 Å². The fourth-order valence-corrected chi connectivity index (χ4v) is 3.20. The zero-order valence-electron chi connectivity index (χ0n) is 13.5. The molecule has 1 saturated carbocycles. The van der Waals surface area contributed by atoms with Crippen molar-refractivity contribution >= 4 is 35.1 Å². The number of methoxy groups -OCH3 is 1. The zero-order valence-corrected chi connectivity index (χ0v) is 14.3. The van der Waals surface area contributed by atoms with Gasteiger partial charge in [-0.05, 0) is 31.0 Å². The topological polar surface area (TPSA) is 56.1 Å². The second-order valence-electron chi connectivity index (χ2n) is 5.97. The molecule has 0 bridgehead atoms. The number of rotatable bonds is 5. The van der Waals surface area contributed by atoms with Gasteiger partial charge in [-0.25, -0.2) is 8.96 Å². The van der Waals surface area contributed by atoms with Crippen LogP contribution in [0.2, 0.25) is 0 Å². The Bertz CT molecular complexity index is 953. The molecule has 2 aromatic heterocycles. The molecule has 7 heteroatoms. The van der Waals surface area contributed by atoms with Gasteiger partial charge >= 0.3 is 0 Å². The molecule has 0 radical (unpaired) electrons. The summed E-state index contributed by atoms with van der Waals surface area (Å²) < 4.78 is 20.2. The van der Waals surface area contributed by atoms with Crippen molar-refractivity contribution in [3.63, 3.8) is 0 Å². The largest absolute Gasteiger partial charge is 0.496 e. The second-order valence-corrected chi connectivity index (χ2v) is 6.50. The van der Waals surface area contributed by atoms with Gasteiger partial charge in [-0.1, -0.05) is 18.2 Å². The number of pyridine rings is 1. The number of anilines is 1. The summed E-state index contributed by atoms with van der Waals surface area (Å²) in [5.74, 6) is 1.20. The van der Waals surface area contributed by atoms with E-state index in [4.69, 9.17) is 4.74 Å². The monoisotopic (exact) mass is 357 g/mol. The standard InChI is InChI=1S/C18H16FN3O2S/c1-24-15-5-3-2-4-12(15)14-10-22(25-19)17-13(14)8-9-16(20-17)21-18(23)11-6-7-11/h2-5,8-11H,6-7H2,1H3,(H,20,21,23). The van der Waals surface area contributed by atoms with E-state index in [2.05, 4.69) is 10.3 Å². The van der Waals surface area contributed by atoms with Crippen molar-refractivity contribution in [2.45, 2.75) is 12.8 Å². The number of hydrogen-bond acceptors (Lipinski definition) is 4. The number of nitrogens with zero attached hydrogens (tertiary/aromatic N) is 2. The van der Waals surface area contributed by atoms with E-state index in [-0.39, 0.29) is 24.2 Å².